The van der Waals surface area contributed by atoms with Crippen molar-refractivity contribution < 1.29 is 0 Å². The molecule has 0 fully saturated rings. The molecule has 1 atom stereocenters. The Bertz CT molecular complexity index is 334. The lowest BCUT2D eigenvalue weighted by Gasteiger charge is -2.24. The monoisotopic (exact) mass is 252 g/mol. The molecule has 0 aromatic carbocycles. The van der Waals surface area contributed by atoms with Crippen LogP contribution >= 0.6 is 11.3 Å². The molecule has 2 rings (SSSR count). The fraction of sp³-hybridized carbons (Fsp3) is 0.786. The van der Waals surface area contributed by atoms with Gasteiger partial charge in [-0.3, -0.25) is 0 Å². The summed E-state index contributed by atoms with van der Waals surface area (Å²) in [5.41, 5.74) is 1.39. The topological polar surface area (TPSA) is 24.9 Å². The average Bonchev–Trinajstić information content (AvgIpc) is 2.89. The SMILES string of the molecule is CCNC(c1nc2c(s1)CCC2)C(CC)CC. The zero-order valence-corrected chi connectivity index (χ0v) is 12.1. The summed E-state index contributed by atoms with van der Waals surface area (Å²) in [6, 6.07) is 0.477. The van der Waals surface area contributed by atoms with E-state index in [1.807, 2.05) is 11.3 Å². The second kappa shape index (κ2) is 5.96. The summed E-state index contributed by atoms with van der Waals surface area (Å²) in [6.45, 7) is 7.81. The van der Waals surface area contributed by atoms with Crippen LogP contribution in [0, 0.1) is 5.92 Å². The molecular weight excluding hydrogens is 228 g/mol. The molecule has 2 nitrogen and oxygen atoms in total. The number of nitrogens with one attached hydrogen (secondary N) is 1. The van der Waals surface area contributed by atoms with Crippen LogP contribution in [0.4, 0.5) is 0 Å². The first-order chi connectivity index (χ1) is 8.30. The largest absolute Gasteiger partial charge is 0.308 e. The average molecular weight is 252 g/mol. The number of aromatic nitrogens is 1. The number of aryl methyl sites for hydroxylation is 2. The second-order valence-corrected chi connectivity index (χ2v) is 6.00. The summed E-state index contributed by atoms with van der Waals surface area (Å²) in [5, 5.41) is 4.98. The predicted octanol–water partition coefficient (Wildman–Crippen LogP) is 3.72. The van der Waals surface area contributed by atoms with E-state index in [2.05, 4.69) is 26.1 Å². The minimum atomic E-state index is 0.477. The third-order valence-electron chi connectivity index (χ3n) is 3.82. The lowest BCUT2D eigenvalue weighted by atomic mass is 9.94. The number of hydrogen-bond acceptors (Lipinski definition) is 3. The number of hydrogen-bond donors (Lipinski definition) is 1. The van der Waals surface area contributed by atoms with Crippen molar-refractivity contribution in [3.8, 4) is 0 Å². The maximum atomic E-state index is 4.88. The standard InChI is InChI=1S/C14H24N2S/c1-4-10(5-2)13(15-6-3)14-16-11-8-7-9-12(11)17-14/h10,13,15H,4-9H2,1-3H3. The summed E-state index contributed by atoms with van der Waals surface area (Å²) in [4.78, 5) is 6.43. The highest BCUT2D eigenvalue weighted by atomic mass is 32.1. The third kappa shape index (κ3) is 2.71. The summed E-state index contributed by atoms with van der Waals surface area (Å²) >= 11 is 1.96. The van der Waals surface area contributed by atoms with Crippen LogP contribution in [0.15, 0.2) is 0 Å². The lowest BCUT2D eigenvalue weighted by molar-refractivity contribution is 0.345. The van der Waals surface area contributed by atoms with Crippen LogP contribution in [0.2, 0.25) is 0 Å². The molecular formula is C14H24N2S. The van der Waals surface area contributed by atoms with Crippen molar-refractivity contribution in [3.63, 3.8) is 0 Å². The summed E-state index contributed by atoms with van der Waals surface area (Å²) in [5.74, 6) is 0.723. The van der Waals surface area contributed by atoms with E-state index in [0.717, 1.165) is 12.5 Å². The van der Waals surface area contributed by atoms with E-state index in [4.69, 9.17) is 4.98 Å². The second-order valence-electron chi connectivity index (χ2n) is 4.89. The molecule has 0 bridgehead atoms. The van der Waals surface area contributed by atoms with Gasteiger partial charge in [-0.05, 0) is 31.7 Å². The Kier molecular flexibility index (Phi) is 4.57. The van der Waals surface area contributed by atoms with Gasteiger partial charge in [-0.25, -0.2) is 4.98 Å². The molecule has 96 valence electrons. The number of rotatable bonds is 6. The lowest BCUT2D eigenvalue weighted by Crippen LogP contribution is -2.27. The molecule has 1 N–H and O–H groups in total. The molecule has 0 aliphatic heterocycles. The number of fused-ring (bicyclic) bond motifs is 1. The van der Waals surface area contributed by atoms with Crippen molar-refractivity contribution in [1.82, 2.24) is 10.3 Å². The van der Waals surface area contributed by atoms with Crippen LogP contribution in [0.1, 0.15) is 61.7 Å². The van der Waals surface area contributed by atoms with E-state index in [0.29, 0.717) is 6.04 Å². The van der Waals surface area contributed by atoms with Gasteiger partial charge in [0, 0.05) is 4.88 Å². The van der Waals surface area contributed by atoms with Gasteiger partial charge in [0.05, 0.1) is 11.7 Å². The van der Waals surface area contributed by atoms with Gasteiger partial charge in [-0.2, -0.15) is 0 Å². The Morgan fingerprint density at radius 3 is 2.59 bits per heavy atom. The molecule has 1 heterocycles. The van der Waals surface area contributed by atoms with E-state index in [9.17, 15) is 0 Å². The molecule has 0 saturated heterocycles. The Hall–Kier alpha value is -0.410. The maximum absolute atomic E-state index is 4.88. The number of thiazole rings is 1. The van der Waals surface area contributed by atoms with Crippen molar-refractivity contribution >= 4 is 11.3 Å². The molecule has 0 saturated carbocycles. The maximum Gasteiger partial charge on any atom is 0.110 e. The molecule has 0 spiro atoms. The molecule has 1 aromatic heterocycles. The van der Waals surface area contributed by atoms with Gasteiger partial charge in [-0.1, -0.05) is 33.6 Å². The third-order valence-corrected chi connectivity index (χ3v) is 5.06. The molecule has 0 amide bonds. The van der Waals surface area contributed by atoms with Crippen LogP contribution in [0.3, 0.4) is 0 Å². The highest BCUT2D eigenvalue weighted by molar-refractivity contribution is 7.11. The van der Waals surface area contributed by atoms with Crippen molar-refractivity contribution in [1.29, 1.82) is 0 Å². The first-order valence-corrected chi connectivity index (χ1v) is 7.83. The van der Waals surface area contributed by atoms with Crippen molar-refractivity contribution in [2.45, 2.75) is 58.9 Å². The first-order valence-electron chi connectivity index (χ1n) is 7.01. The van der Waals surface area contributed by atoms with Crippen LogP contribution in [0.5, 0.6) is 0 Å². The van der Waals surface area contributed by atoms with Crippen LogP contribution < -0.4 is 5.32 Å². The predicted molar refractivity (Wildman–Crippen MR) is 74.6 cm³/mol. The smallest absolute Gasteiger partial charge is 0.110 e. The van der Waals surface area contributed by atoms with E-state index >= 15 is 0 Å². The molecule has 17 heavy (non-hydrogen) atoms. The Morgan fingerprint density at radius 2 is 2.00 bits per heavy atom. The Labute approximate surface area is 109 Å². The highest BCUT2D eigenvalue weighted by Gasteiger charge is 2.25. The summed E-state index contributed by atoms with van der Waals surface area (Å²) in [7, 11) is 0. The summed E-state index contributed by atoms with van der Waals surface area (Å²) in [6.07, 6.45) is 6.24. The minimum Gasteiger partial charge on any atom is -0.308 e. The van der Waals surface area contributed by atoms with E-state index in [-0.39, 0.29) is 0 Å². The number of nitrogens with zero attached hydrogens (tertiary/aromatic N) is 1. The Balaban J connectivity index is 2.19. The van der Waals surface area contributed by atoms with Gasteiger partial charge in [0.1, 0.15) is 5.01 Å². The Morgan fingerprint density at radius 1 is 1.24 bits per heavy atom. The first kappa shape index (κ1) is 13.0. The highest BCUT2D eigenvalue weighted by Crippen LogP contribution is 2.35. The van der Waals surface area contributed by atoms with E-state index in [1.54, 1.807) is 4.88 Å². The quantitative estimate of drug-likeness (QED) is 0.834. The van der Waals surface area contributed by atoms with Crippen molar-refractivity contribution in [3.05, 3.63) is 15.6 Å². The van der Waals surface area contributed by atoms with Crippen molar-refractivity contribution in [2.24, 2.45) is 5.92 Å². The molecule has 0 radical (unpaired) electrons. The van der Waals surface area contributed by atoms with Gasteiger partial charge in [0.25, 0.3) is 0 Å². The molecule has 3 heteroatoms. The van der Waals surface area contributed by atoms with E-state index in [1.165, 1.54) is 42.8 Å². The van der Waals surface area contributed by atoms with Gasteiger partial charge in [0.15, 0.2) is 0 Å². The fourth-order valence-corrected chi connectivity index (χ4v) is 4.10. The van der Waals surface area contributed by atoms with Crippen molar-refractivity contribution in [2.75, 3.05) is 6.54 Å². The molecule has 1 aliphatic rings. The van der Waals surface area contributed by atoms with Crippen LogP contribution in [-0.2, 0) is 12.8 Å². The molecule has 1 unspecified atom stereocenters. The van der Waals surface area contributed by atoms with Gasteiger partial charge < -0.3 is 5.32 Å². The normalized spacial score (nSPS) is 16.5. The zero-order chi connectivity index (χ0) is 12.3. The van der Waals surface area contributed by atoms with Crippen LogP contribution in [0.25, 0.3) is 0 Å². The molecule has 1 aliphatic carbocycles. The molecule has 1 aromatic rings. The van der Waals surface area contributed by atoms with Gasteiger partial charge >= 0.3 is 0 Å². The van der Waals surface area contributed by atoms with Gasteiger partial charge in [-0.15, -0.1) is 11.3 Å². The minimum absolute atomic E-state index is 0.477. The zero-order valence-electron chi connectivity index (χ0n) is 11.3. The van der Waals surface area contributed by atoms with Gasteiger partial charge in [0.2, 0.25) is 0 Å². The fourth-order valence-electron chi connectivity index (χ4n) is 2.78. The summed E-state index contributed by atoms with van der Waals surface area (Å²) < 4.78 is 0. The van der Waals surface area contributed by atoms with Crippen LogP contribution in [-0.4, -0.2) is 11.5 Å². The van der Waals surface area contributed by atoms with E-state index < -0.39 is 0 Å².